The molecule has 1 aromatic heterocycles. The largest absolute Gasteiger partial charge is 0.481 e. The van der Waals surface area contributed by atoms with Crippen LogP contribution in [-0.4, -0.2) is 48.3 Å². The van der Waals surface area contributed by atoms with Gasteiger partial charge in [0.25, 0.3) is 0 Å². The van der Waals surface area contributed by atoms with Crippen molar-refractivity contribution in [2.24, 2.45) is 0 Å². The average Bonchev–Trinajstić information content (AvgIpc) is 2.61. The Morgan fingerprint density at radius 3 is 2.48 bits per heavy atom. The number of ether oxygens (including phenoxy) is 1. The van der Waals surface area contributed by atoms with Gasteiger partial charge in [0.2, 0.25) is 11.8 Å². The number of anilines is 1. The summed E-state index contributed by atoms with van der Waals surface area (Å²) in [6.07, 6.45) is 0. The summed E-state index contributed by atoms with van der Waals surface area (Å²) in [4.78, 5) is 31.8. The second kappa shape index (κ2) is 8.64. The van der Waals surface area contributed by atoms with Gasteiger partial charge in [0.15, 0.2) is 0 Å². The van der Waals surface area contributed by atoms with E-state index < -0.39 is 22.3 Å². The summed E-state index contributed by atoms with van der Waals surface area (Å²) in [7, 11) is -3.38. The summed E-state index contributed by atoms with van der Waals surface area (Å²) in [6.45, 7) is 1.07. The molecule has 0 aliphatic carbocycles. The molecule has 0 aliphatic rings. The Hall–Kier alpha value is -2.92. The van der Waals surface area contributed by atoms with Gasteiger partial charge in [-0.3, -0.25) is 5.32 Å². The first-order valence-corrected chi connectivity index (χ1v) is 9.22. The molecule has 0 spiro atoms. The monoisotopic (exact) mass is 414 g/mol. The molecule has 12 heteroatoms. The van der Waals surface area contributed by atoms with Gasteiger partial charge in [-0.1, -0.05) is 29.8 Å². The second-order valence-corrected chi connectivity index (χ2v) is 6.70. The molecule has 0 bridgehead atoms. The van der Waals surface area contributed by atoms with Gasteiger partial charge in [0, 0.05) is 12.6 Å². The molecule has 27 heavy (non-hydrogen) atoms. The highest BCUT2D eigenvalue weighted by Gasteiger charge is 2.31. The molecule has 0 saturated carbocycles. The van der Waals surface area contributed by atoms with E-state index in [1.807, 2.05) is 0 Å². The fraction of sp³-hybridized carbons (Fsp3) is 0.200. The molecule has 0 saturated heterocycles. The Morgan fingerprint density at radius 1 is 1.22 bits per heavy atom. The van der Waals surface area contributed by atoms with Crippen LogP contribution in [0.3, 0.4) is 0 Å². The van der Waals surface area contributed by atoms with Crippen molar-refractivity contribution in [3.8, 4) is 5.88 Å². The van der Waals surface area contributed by atoms with E-state index in [1.165, 1.54) is 44.4 Å². The number of urea groups is 1. The number of hydrogen-bond acceptors (Lipinski definition) is 8. The number of halogens is 1. The molecular weight excluding hydrogens is 400 g/mol. The standard InChI is InChI=1S/C15H15ClN4O6S/c1-3-20(15(22)19-14-17-11(16)9-12(18-14)25-2)27(23,24)26-13(21)10-7-5-4-6-8-10/h4-9H,3H2,1-2H3,(H,17,18,19,22). The number of carbonyl (C=O) groups excluding carboxylic acids is 2. The van der Waals surface area contributed by atoms with Crippen molar-refractivity contribution >= 4 is 39.9 Å². The van der Waals surface area contributed by atoms with E-state index >= 15 is 0 Å². The Kier molecular flexibility index (Phi) is 6.53. The maximum absolute atomic E-state index is 12.3. The number of hydrogen-bond donors (Lipinski definition) is 1. The van der Waals surface area contributed by atoms with Crippen molar-refractivity contribution in [1.29, 1.82) is 0 Å². The Bertz CT molecular complexity index is 939. The predicted octanol–water partition coefficient (Wildman–Crippen LogP) is 2.09. The molecule has 10 nitrogen and oxygen atoms in total. The van der Waals surface area contributed by atoms with E-state index in [9.17, 15) is 18.0 Å². The molecule has 0 atom stereocenters. The second-order valence-electron chi connectivity index (χ2n) is 4.85. The van der Waals surface area contributed by atoms with Crippen LogP contribution in [0.4, 0.5) is 10.7 Å². The third-order valence-corrected chi connectivity index (χ3v) is 4.59. The molecule has 0 fully saturated rings. The molecule has 2 aromatic rings. The first kappa shape index (κ1) is 20.4. The van der Waals surface area contributed by atoms with E-state index in [-0.39, 0.29) is 29.1 Å². The highest BCUT2D eigenvalue weighted by molar-refractivity contribution is 7.85. The molecule has 1 aromatic carbocycles. The summed E-state index contributed by atoms with van der Waals surface area (Å²) >= 11 is 5.77. The molecule has 0 radical (unpaired) electrons. The van der Waals surface area contributed by atoms with Crippen molar-refractivity contribution in [2.45, 2.75) is 6.92 Å². The number of nitrogens with one attached hydrogen (secondary N) is 1. The van der Waals surface area contributed by atoms with E-state index in [0.29, 0.717) is 4.31 Å². The van der Waals surface area contributed by atoms with Crippen LogP contribution in [0.5, 0.6) is 5.88 Å². The third-order valence-electron chi connectivity index (χ3n) is 3.07. The third kappa shape index (κ3) is 5.28. The van der Waals surface area contributed by atoms with Gasteiger partial charge in [-0.15, -0.1) is 0 Å². The Morgan fingerprint density at radius 2 is 1.89 bits per heavy atom. The van der Waals surface area contributed by atoms with Gasteiger partial charge in [0.1, 0.15) is 5.15 Å². The highest BCUT2D eigenvalue weighted by Crippen LogP contribution is 2.17. The SMILES string of the molecule is CCN(C(=O)Nc1nc(Cl)cc(OC)n1)S(=O)(=O)OC(=O)c1ccccc1. The fourth-order valence-corrected chi connectivity index (χ4v) is 3.00. The summed E-state index contributed by atoms with van der Waals surface area (Å²) in [6, 6.07) is 7.64. The van der Waals surface area contributed by atoms with E-state index in [1.54, 1.807) is 6.07 Å². The van der Waals surface area contributed by atoms with E-state index in [4.69, 9.17) is 16.3 Å². The molecular formula is C15H15ClN4O6S. The van der Waals surface area contributed by atoms with E-state index in [2.05, 4.69) is 19.5 Å². The number of methoxy groups -OCH3 is 1. The lowest BCUT2D eigenvalue weighted by molar-refractivity contribution is 0.0736. The van der Waals surface area contributed by atoms with Crippen LogP contribution < -0.4 is 10.1 Å². The van der Waals surface area contributed by atoms with Crippen LogP contribution in [0.1, 0.15) is 17.3 Å². The minimum Gasteiger partial charge on any atom is -0.481 e. The minimum atomic E-state index is -4.71. The zero-order valence-electron chi connectivity index (χ0n) is 14.2. The van der Waals surface area contributed by atoms with E-state index in [0.717, 1.165) is 0 Å². The molecule has 0 aliphatic heterocycles. The number of nitrogens with zero attached hydrogens (tertiary/aromatic N) is 3. The normalized spacial score (nSPS) is 10.8. The van der Waals surface area contributed by atoms with Gasteiger partial charge in [-0.25, -0.2) is 14.6 Å². The molecule has 1 heterocycles. The van der Waals surface area contributed by atoms with Crippen LogP contribution in [0.15, 0.2) is 36.4 Å². The number of rotatable bonds is 6. The summed E-state index contributed by atoms with van der Waals surface area (Å²) in [5.74, 6) is -1.35. The lowest BCUT2D eigenvalue weighted by Gasteiger charge is -2.19. The number of amides is 2. The molecule has 0 unspecified atom stereocenters. The summed E-state index contributed by atoms with van der Waals surface area (Å²) in [5, 5.41) is 2.13. The Labute approximate surface area is 160 Å². The lowest BCUT2D eigenvalue weighted by atomic mass is 10.2. The fourth-order valence-electron chi connectivity index (χ4n) is 1.88. The van der Waals surface area contributed by atoms with Crippen LogP contribution in [0.2, 0.25) is 5.15 Å². The molecule has 1 N–H and O–H groups in total. The molecule has 2 amide bonds. The zero-order valence-corrected chi connectivity index (χ0v) is 15.8. The molecule has 144 valence electrons. The van der Waals surface area contributed by atoms with Gasteiger partial charge in [-0.05, 0) is 19.1 Å². The predicted molar refractivity (Wildman–Crippen MR) is 95.8 cm³/mol. The van der Waals surface area contributed by atoms with Crippen molar-refractivity contribution in [3.05, 3.63) is 47.1 Å². The summed E-state index contributed by atoms with van der Waals surface area (Å²) in [5.41, 5.74) is 0.0143. The lowest BCUT2D eigenvalue weighted by Crippen LogP contribution is -2.41. The van der Waals surface area contributed by atoms with Gasteiger partial charge >= 0.3 is 22.3 Å². The number of carbonyl (C=O) groups is 2. The average molecular weight is 415 g/mol. The number of benzene rings is 1. The van der Waals surface area contributed by atoms with Crippen molar-refractivity contribution in [2.75, 3.05) is 19.0 Å². The van der Waals surface area contributed by atoms with Gasteiger partial charge in [-0.2, -0.15) is 17.7 Å². The van der Waals surface area contributed by atoms with Crippen molar-refractivity contribution < 1.29 is 26.9 Å². The highest BCUT2D eigenvalue weighted by atomic mass is 35.5. The maximum atomic E-state index is 12.3. The van der Waals surface area contributed by atoms with Gasteiger partial charge < -0.3 is 8.92 Å². The summed E-state index contributed by atoms with van der Waals surface area (Å²) < 4.78 is 34.3. The van der Waals surface area contributed by atoms with Crippen LogP contribution in [0.25, 0.3) is 0 Å². The van der Waals surface area contributed by atoms with Gasteiger partial charge in [0.05, 0.1) is 12.7 Å². The first-order valence-electron chi connectivity index (χ1n) is 7.48. The van der Waals surface area contributed by atoms with Crippen LogP contribution >= 0.6 is 11.6 Å². The molecule has 2 rings (SSSR count). The van der Waals surface area contributed by atoms with Crippen LogP contribution in [-0.2, 0) is 14.5 Å². The number of aromatic nitrogens is 2. The minimum absolute atomic E-state index is 0.0143. The smallest absolute Gasteiger partial charge is 0.416 e. The van der Waals surface area contributed by atoms with Crippen molar-refractivity contribution in [3.63, 3.8) is 0 Å². The van der Waals surface area contributed by atoms with Crippen LogP contribution in [0, 0.1) is 0 Å². The quantitative estimate of drug-likeness (QED) is 0.711. The zero-order chi connectivity index (χ0) is 20.0. The maximum Gasteiger partial charge on any atom is 0.416 e. The Balaban J connectivity index is 2.17. The van der Waals surface area contributed by atoms with Crippen molar-refractivity contribution in [1.82, 2.24) is 14.3 Å². The topological polar surface area (TPSA) is 128 Å². The first-order chi connectivity index (χ1) is 12.8.